The van der Waals surface area contributed by atoms with Crippen LogP contribution in [0.2, 0.25) is 0 Å². The van der Waals surface area contributed by atoms with Crippen LogP contribution >= 0.6 is 7.60 Å². The molecule has 0 atom stereocenters. The molecule has 0 aromatic rings. The van der Waals surface area contributed by atoms with Crippen LogP contribution in [0.15, 0.2) is 0 Å². The molecule has 1 saturated carbocycles. The third-order valence-electron chi connectivity index (χ3n) is 2.10. The van der Waals surface area contributed by atoms with Gasteiger partial charge in [-0.1, -0.05) is 0 Å². The van der Waals surface area contributed by atoms with E-state index in [4.69, 9.17) is 20.6 Å². The Balaban J connectivity index is 2.59. The van der Waals surface area contributed by atoms with E-state index in [-0.39, 0.29) is 12.8 Å². The third kappa shape index (κ3) is 1.51. The highest BCUT2D eigenvalue weighted by Crippen LogP contribution is 2.53. The molecule has 0 heterocycles. The first kappa shape index (κ1) is 9.67. The Kier molecular flexibility index (Phi) is 2.04. The highest BCUT2D eigenvalue weighted by Gasteiger charge is 2.53. The molecule has 12 heavy (non-hydrogen) atoms. The van der Waals surface area contributed by atoms with E-state index in [2.05, 4.69) is 0 Å². The summed E-state index contributed by atoms with van der Waals surface area (Å²) < 4.78 is 10.6. The molecular weight excluding hydrogens is 185 g/mol. The van der Waals surface area contributed by atoms with Crippen LogP contribution in [0.25, 0.3) is 0 Å². The SMILES string of the molecule is NC1(C(=O)O)CC(P(=O)(O)O)C1. The molecule has 0 aromatic carbocycles. The zero-order valence-corrected chi connectivity index (χ0v) is 7.07. The van der Waals surface area contributed by atoms with Crippen LogP contribution in [0.1, 0.15) is 12.8 Å². The second kappa shape index (κ2) is 2.53. The van der Waals surface area contributed by atoms with E-state index in [0.29, 0.717) is 0 Å². The Hall–Kier alpha value is -0.420. The number of aliphatic carboxylic acids is 1. The number of rotatable bonds is 2. The van der Waals surface area contributed by atoms with Gasteiger partial charge in [0, 0.05) is 0 Å². The van der Waals surface area contributed by atoms with E-state index in [1.807, 2.05) is 0 Å². The Labute approximate surface area is 68.5 Å². The lowest BCUT2D eigenvalue weighted by molar-refractivity contribution is -0.146. The molecule has 1 aliphatic carbocycles. The summed E-state index contributed by atoms with van der Waals surface area (Å²) in [5.74, 6) is -1.20. The molecule has 0 saturated heterocycles. The third-order valence-corrected chi connectivity index (χ3v) is 3.42. The summed E-state index contributed by atoms with van der Waals surface area (Å²) in [6, 6.07) is 0. The highest BCUT2D eigenvalue weighted by molar-refractivity contribution is 7.52. The molecule has 0 aromatic heterocycles. The summed E-state index contributed by atoms with van der Waals surface area (Å²) in [7, 11) is -4.13. The summed E-state index contributed by atoms with van der Waals surface area (Å²) >= 11 is 0. The van der Waals surface area contributed by atoms with Crippen molar-refractivity contribution in [3.63, 3.8) is 0 Å². The van der Waals surface area contributed by atoms with E-state index < -0.39 is 24.8 Å². The van der Waals surface area contributed by atoms with Gasteiger partial charge in [-0.2, -0.15) is 0 Å². The Morgan fingerprint density at radius 2 is 1.92 bits per heavy atom. The second-order valence-electron chi connectivity index (χ2n) is 3.11. The Bertz CT molecular complexity index is 253. The Morgan fingerprint density at radius 1 is 1.50 bits per heavy atom. The summed E-state index contributed by atoms with van der Waals surface area (Å²) in [5.41, 5.74) is 2.99. The lowest BCUT2D eigenvalue weighted by Gasteiger charge is -2.40. The number of carbonyl (C=O) groups is 1. The van der Waals surface area contributed by atoms with E-state index in [1.54, 1.807) is 0 Å². The van der Waals surface area contributed by atoms with Crippen LogP contribution in [-0.4, -0.2) is 32.1 Å². The van der Waals surface area contributed by atoms with E-state index in [9.17, 15) is 9.36 Å². The first-order valence-electron chi connectivity index (χ1n) is 3.33. The zero-order valence-electron chi connectivity index (χ0n) is 6.17. The predicted octanol–water partition coefficient (Wildman–Crippen LogP) is -0.891. The fourth-order valence-corrected chi connectivity index (χ4v) is 2.32. The fourth-order valence-electron chi connectivity index (χ4n) is 1.19. The fraction of sp³-hybridized carbons (Fsp3) is 0.800. The molecule has 0 amide bonds. The van der Waals surface area contributed by atoms with Gasteiger partial charge in [0.05, 0.1) is 5.66 Å². The van der Waals surface area contributed by atoms with Gasteiger partial charge in [-0.3, -0.25) is 9.36 Å². The molecule has 0 unspecified atom stereocenters. The van der Waals surface area contributed by atoms with E-state index in [1.165, 1.54) is 0 Å². The van der Waals surface area contributed by atoms with Gasteiger partial charge in [0.25, 0.3) is 0 Å². The van der Waals surface area contributed by atoms with Gasteiger partial charge < -0.3 is 20.6 Å². The van der Waals surface area contributed by atoms with Gasteiger partial charge in [0.2, 0.25) is 0 Å². The molecule has 0 bridgehead atoms. The average molecular weight is 195 g/mol. The molecular formula is C5H10NO5P. The average Bonchev–Trinajstić information content (AvgIpc) is 1.77. The first-order valence-corrected chi connectivity index (χ1v) is 5.01. The lowest BCUT2D eigenvalue weighted by atomic mass is 9.77. The number of hydrogen-bond acceptors (Lipinski definition) is 3. The standard InChI is InChI=1S/C5H10NO5P/c6-5(4(7)8)1-3(2-5)12(9,10)11/h3H,1-2,6H2,(H,7,8)(H2,9,10,11). The number of nitrogens with two attached hydrogens (primary N) is 1. The minimum atomic E-state index is -4.13. The molecule has 7 heteroatoms. The quantitative estimate of drug-likeness (QED) is 0.424. The van der Waals surface area contributed by atoms with E-state index in [0.717, 1.165) is 0 Å². The van der Waals surface area contributed by atoms with Crippen molar-refractivity contribution in [2.24, 2.45) is 5.73 Å². The molecule has 6 nitrogen and oxygen atoms in total. The van der Waals surface area contributed by atoms with Crippen LogP contribution in [0.3, 0.4) is 0 Å². The normalized spacial score (nSPS) is 35.8. The monoisotopic (exact) mass is 195 g/mol. The maximum Gasteiger partial charge on any atom is 0.328 e. The number of carboxylic acid groups (broad SMARTS) is 1. The maximum atomic E-state index is 10.6. The summed E-state index contributed by atoms with van der Waals surface area (Å²) in [4.78, 5) is 27.6. The van der Waals surface area contributed by atoms with Crippen molar-refractivity contribution in [3.8, 4) is 0 Å². The second-order valence-corrected chi connectivity index (χ2v) is 5.02. The number of hydrogen-bond donors (Lipinski definition) is 4. The molecule has 0 aliphatic heterocycles. The zero-order chi connectivity index (χ0) is 9.57. The van der Waals surface area contributed by atoms with Crippen molar-refractivity contribution in [3.05, 3.63) is 0 Å². The number of carboxylic acids is 1. The predicted molar refractivity (Wildman–Crippen MR) is 39.6 cm³/mol. The topological polar surface area (TPSA) is 121 Å². The minimum absolute atomic E-state index is 0.146. The molecule has 1 aliphatic rings. The van der Waals surface area contributed by atoms with Gasteiger partial charge >= 0.3 is 13.6 Å². The highest BCUT2D eigenvalue weighted by atomic mass is 31.2. The van der Waals surface area contributed by atoms with Crippen LogP contribution < -0.4 is 5.73 Å². The van der Waals surface area contributed by atoms with Crippen molar-refractivity contribution >= 4 is 13.6 Å². The molecule has 1 rings (SSSR count). The largest absolute Gasteiger partial charge is 0.480 e. The summed E-state index contributed by atoms with van der Waals surface area (Å²) in [6.07, 6.45) is -0.292. The smallest absolute Gasteiger partial charge is 0.328 e. The summed E-state index contributed by atoms with van der Waals surface area (Å²) in [6.45, 7) is 0. The van der Waals surface area contributed by atoms with Crippen LogP contribution in [0.5, 0.6) is 0 Å². The Morgan fingerprint density at radius 3 is 2.17 bits per heavy atom. The van der Waals surface area contributed by atoms with Crippen LogP contribution in [0, 0.1) is 0 Å². The molecule has 0 spiro atoms. The van der Waals surface area contributed by atoms with E-state index >= 15 is 0 Å². The van der Waals surface area contributed by atoms with Gasteiger partial charge in [-0.05, 0) is 12.8 Å². The van der Waals surface area contributed by atoms with Gasteiger partial charge in [0.15, 0.2) is 0 Å². The first-order chi connectivity index (χ1) is 5.26. The molecule has 70 valence electrons. The van der Waals surface area contributed by atoms with Crippen molar-refractivity contribution in [1.82, 2.24) is 0 Å². The van der Waals surface area contributed by atoms with Crippen molar-refractivity contribution in [2.45, 2.75) is 24.0 Å². The van der Waals surface area contributed by atoms with Gasteiger partial charge in [0.1, 0.15) is 5.54 Å². The van der Waals surface area contributed by atoms with Crippen molar-refractivity contribution in [2.75, 3.05) is 0 Å². The van der Waals surface area contributed by atoms with Crippen LogP contribution in [-0.2, 0) is 9.36 Å². The van der Waals surface area contributed by atoms with Gasteiger partial charge in [-0.25, -0.2) is 0 Å². The minimum Gasteiger partial charge on any atom is -0.480 e. The summed E-state index contributed by atoms with van der Waals surface area (Å²) in [5, 5.41) is 8.50. The molecule has 1 fully saturated rings. The lowest BCUT2D eigenvalue weighted by Crippen LogP contribution is -2.59. The van der Waals surface area contributed by atoms with Crippen molar-refractivity contribution < 1.29 is 24.3 Å². The molecule has 0 radical (unpaired) electrons. The van der Waals surface area contributed by atoms with Crippen LogP contribution in [0.4, 0.5) is 0 Å². The van der Waals surface area contributed by atoms with Crippen molar-refractivity contribution in [1.29, 1.82) is 0 Å². The molecule has 5 N–H and O–H groups in total. The maximum absolute atomic E-state index is 10.6. The van der Waals surface area contributed by atoms with Gasteiger partial charge in [-0.15, -0.1) is 0 Å².